The lowest BCUT2D eigenvalue weighted by Gasteiger charge is -2.10. The van der Waals surface area contributed by atoms with Crippen LogP contribution in [0.2, 0.25) is 0 Å². The largest absolute Gasteiger partial charge is 0.381 e. The van der Waals surface area contributed by atoms with E-state index in [4.69, 9.17) is 4.74 Å². The van der Waals surface area contributed by atoms with Crippen LogP contribution < -0.4 is 5.32 Å². The Hall–Kier alpha value is -1.95. The maximum Gasteiger partial charge on any atom is 0.129 e. The van der Waals surface area contributed by atoms with Crippen molar-refractivity contribution >= 4 is 5.82 Å². The number of hydrogen-bond acceptors (Lipinski definition) is 5. The molecule has 1 saturated heterocycles. The van der Waals surface area contributed by atoms with Gasteiger partial charge in [-0.1, -0.05) is 0 Å². The summed E-state index contributed by atoms with van der Waals surface area (Å²) in [5, 5.41) is 10.6. The van der Waals surface area contributed by atoms with Gasteiger partial charge in [0.1, 0.15) is 12.1 Å². The van der Waals surface area contributed by atoms with E-state index in [2.05, 4.69) is 32.4 Å². The molecule has 2 aromatic heterocycles. The average molecular weight is 301 g/mol. The van der Waals surface area contributed by atoms with E-state index in [1.54, 1.807) is 6.33 Å². The fourth-order valence-corrected chi connectivity index (χ4v) is 2.88. The SMILES string of the molecule is Cc1n[nH]c(C)c1CCCNc1cc([C@H]2CCOC2)ncn1. The molecule has 6 nitrogen and oxygen atoms in total. The standard InChI is InChI=1S/C16H23N5O/c1-11-14(12(2)21-20-11)4-3-6-17-16-8-15(18-10-19-16)13-5-7-22-9-13/h8,10,13H,3-7,9H2,1-2H3,(H,20,21)(H,17,18,19)/t13-/m0/s1. The predicted molar refractivity (Wildman–Crippen MR) is 85.1 cm³/mol. The lowest BCUT2D eigenvalue weighted by atomic mass is 10.0. The Morgan fingerprint density at radius 2 is 2.27 bits per heavy atom. The van der Waals surface area contributed by atoms with E-state index in [1.807, 2.05) is 13.0 Å². The third kappa shape index (κ3) is 3.44. The Balaban J connectivity index is 1.50. The van der Waals surface area contributed by atoms with Gasteiger partial charge < -0.3 is 10.1 Å². The smallest absolute Gasteiger partial charge is 0.129 e. The van der Waals surface area contributed by atoms with E-state index in [9.17, 15) is 0 Å². The summed E-state index contributed by atoms with van der Waals surface area (Å²) in [6.07, 6.45) is 4.76. The Morgan fingerprint density at radius 3 is 3.00 bits per heavy atom. The van der Waals surface area contributed by atoms with Gasteiger partial charge in [-0.05, 0) is 38.7 Å². The fourth-order valence-electron chi connectivity index (χ4n) is 2.88. The first-order chi connectivity index (χ1) is 10.7. The molecule has 6 heteroatoms. The third-order valence-electron chi connectivity index (χ3n) is 4.23. The summed E-state index contributed by atoms with van der Waals surface area (Å²) in [5.74, 6) is 1.32. The average Bonchev–Trinajstić information content (AvgIpc) is 3.16. The molecule has 1 aliphatic heterocycles. The molecular weight excluding hydrogens is 278 g/mol. The van der Waals surface area contributed by atoms with Crippen LogP contribution in [0.3, 0.4) is 0 Å². The van der Waals surface area contributed by atoms with E-state index < -0.39 is 0 Å². The maximum absolute atomic E-state index is 5.42. The summed E-state index contributed by atoms with van der Waals surface area (Å²) >= 11 is 0. The summed E-state index contributed by atoms with van der Waals surface area (Å²) in [7, 11) is 0. The summed E-state index contributed by atoms with van der Waals surface area (Å²) in [4.78, 5) is 8.67. The molecule has 0 aromatic carbocycles. The van der Waals surface area contributed by atoms with Crippen molar-refractivity contribution in [3.63, 3.8) is 0 Å². The van der Waals surface area contributed by atoms with Gasteiger partial charge in [0.15, 0.2) is 0 Å². The first-order valence-electron chi connectivity index (χ1n) is 7.88. The number of ether oxygens (including phenoxy) is 1. The molecule has 22 heavy (non-hydrogen) atoms. The van der Waals surface area contributed by atoms with Gasteiger partial charge in [0.05, 0.1) is 18.0 Å². The highest BCUT2D eigenvalue weighted by Gasteiger charge is 2.19. The van der Waals surface area contributed by atoms with Crippen molar-refractivity contribution in [2.24, 2.45) is 0 Å². The molecule has 2 N–H and O–H groups in total. The normalized spacial score (nSPS) is 17.8. The van der Waals surface area contributed by atoms with Crippen LogP contribution >= 0.6 is 0 Å². The quantitative estimate of drug-likeness (QED) is 0.801. The van der Waals surface area contributed by atoms with Crippen LogP contribution in [0, 0.1) is 13.8 Å². The minimum atomic E-state index is 0.416. The Bertz CT molecular complexity index is 599. The highest BCUT2D eigenvalue weighted by molar-refractivity contribution is 5.36. The third-order valence-corrected chi connectivity index (χ3v) is 4.23. The number of anilines is 1. The van der Waals surface area contributed by atoms with Gasteiger partial charge in [0.2, 0.25) is 0 Å². The molecule has 0 unspecified atom stereocenters. The summed E-state index contributed by atoms with van der Waals surface area (Å²) < 4.78 is 5.42. The molecule has 118 valence electrons. The van der Waals surface area contributed by atoms with Crippen molar-refractivity contribution in [1.29, 1.82) is 0 Å². The molecule has 0 saturated carbocycles. The van der Waals surface area contributed by atoms with Crippen LogP contribution in [0.4, 0.5) is 5.82 Å². The molecule has 0 bridgehead atoms. The summed E-state index contributed by atoms with van der Waals surface area (Å²) in [5.41, 5.74) is 4.68. The Kier molecular flexibility index (Phi) is 4.68. The molecule has 0 aliphatic carbocycles. The van der Waals surface area contributed by atoms with Crippen LogP contribution in [0.25, 0.3) is 0 Å². The summed E-state index contributed by atoms with van der Waals surface area (Å²) in [6.45, 7) is 6.62. The van der Waals surface area contributed by atoms with Crippen LogP contribution in [0.15, 0.2) is 12.4 Å². The zero-order chi connectivity index (χ0) is 15.4. The first kappa shape index (κ1) is 15.0. The molecular formula is C16H23N5O. The number of hydrogen-bond donors (Lipinski definition) is 2. The number of aromatic amines is 1. The molecule has 0 radical (unpaired) electrons. The van der Waals surface area contributed by atoms with E-state index in [1.165, 1.54) is 11.3 Å². The lowest BCUT2D eigenvalue weighted by molar-refractivity contribution is 0.193. The zero-order valence-corrected chi connectivity index (χ0v) is 13.2. The highest BCUT2D eigenvalue weighted by Crippen LogP contribution is 2.24. The molecule has 1 aliphatic rings. The summed E-state index contributed by atoms with van der Waals surface area (Å²) in [6, 6.07) is 2.05. The topological polar surface area (TPSA) is 75.7 Å². The van der Waals surface area contributed by atoms with E-state index in [0.29, 0.717) is 5.92 Å². The molecule has 3 rings (SSSR count). The first-order valence-corrected chi connectivity index (χ1v) is 7.88. The van der Waals surface area contributed by atoms with Crippen molar-refractivity contribution in [2.45, 2.75) is 39.0 Å². The van der Waals surface area contributed by atoms with E-state index >= 15 is 0 Å². The van der Waals surface area contributed by atoms with Crippen molar-refractivity contribution in [1.82, 2.24) is 20.2 Å². The van der Waals surface area contributed by atoms with Gasteiger partial charge in [-0.2, -0.15) is 5.10 Å². The van der Waals surface area contributed by atoms with E-state index in [0.717, 1.165) is 56.2 Å². The number of aromatic nitrogens is 4. The van der Waals surface area contributed by atoms with Crippen molar-refractivity contribution in [3.8, 4) is 0 Å². The molecule has 1 atom stereocenters. The molecule has 1 fully saturated rings. The monoisotopic (exact) mass is 301 g/mol. The van der Waals surface area contributed by atoms with Crippen LogP contribution in [0.5, 0.6) is 0 Å². The van der Waals surface area contributed by atoms with Gasteiger partial charge in [-0.25, -0.2) is 9.97 Å². The number of H-pyrrole nitrogens is 1. The van der Waals surface area contributed by atoms with Gasteiger partial charge in [0, 0.05) is 30.8 Å². The van der Waals surface area contributed by atoms with Crippen LogP contribution in [0.1, 0.15) is 41.4 Å². The lowest BCUT2D eigenvalue weighted by Crippen LogP contribution is -2.08. The minimum absolute atomic E-state index is 0.416. The Morgan fingerprint density at radius 1 is 1.36 bits per heavy atom. The Labute approximate surface area is 130 Å². The number of rotatable bonds is 6. The van der Waals surface area contributed by atoms with Crippen LogP contribution in [-0.4, -0.2) is 39.9 Å². The second-order valence-electron chi connectivity index (χ2n) is 5.83. The molecule has 2 aromatic rings. The van der Waals surface area contributed by atoms with E-state index in [-0.39, 0.29) is 0 Å². The van der Waals surface area contributed by atoms with Gasteiger partial charge in [0.25, 0.3) is 0 Å². The fraction of sp³-hybridized carbons (Fsp3) is 0.562. The van der Waals surface area contributed by atoms with Crippen molar-refractivity contribution < 1.29 is 4.74 Å². The number of nitrogens with one attached hydrogen (secondary N) is 2. The minimum Gasteiger partial charge on any atom is -0.381 e. The van der Waals surface area contributed by atoms with Gasteiger partial charge >= 0.3 is 0 Å². The number of aryl methyl sites for hydroxylation is 2. The van der Waals surface area contributed by atoms with Crippen LogP contribution in [-0.2, 0) is 11.2 Å². The molecule has 0 spiro atoms. The second-order valence-corrected chi connectivity index (χ2v) is 5.83. The molecule has 0 amide bonds. The highest BCUT2D eigenvalue weighted by atomic mass is 16.5. The maximum atomic E-state index is 5.42. The number of nitrogens with zero attached hydrogens (tertiary/aromatic N) is 3. The van der Waals surface area contributed by atoms with Crippen molar-refractivity contribution in [2.75, 3.05) is 25.1 Å². The second kappa shape index (κ2) is 6.87. The zero-order valence-electron chi connectivity index (χ0n) is 13.2. The van der Waals surface area contributed by atoms with Crippen molar-refractivity contribution in [3.05, 3.63) is 35.0 Å². The van der Waals surface area contributed by atoms with Gasteiger partial charge in [-0.15, -0.1) is 0 Å². The van der Waals surface area contributed by atoms with Gasteiger partial charge in [-0.3, -0.25) is 5.10 Å². The molecule has 3 heterocycles. The predicted octanol–water partition coefficient (Wildman–Crippen LogP) is 2.37.